The minimum atomic E-state index is -0.233. The molecule has 0 radical (unpaired) electrons. The molecule has 0 amide bonds. The van der Waals surface area contributed by atoms with Crippen LogP contribution in [0.3, 0.4) is 0 Å². The molecule has 0 aliphatic heterocycles. The van der Waals surface area contributed by atoms with E-state index in [4.69, 9.17) is 4.74 Å². The fourth-order valence-corrected chi connectivity index (χ4v) is 2.18. The van der Waals surface area contributed by atoms with E-state index in [0.29, 0.717) is 12.5 Å². The second-order valence-corrected chi connectivity index (χ2v) is 4.13. The van der Waals surface area contributed by atoms with Gasteiger partial charge in [-0.05, 0) is 18.8 Å². The van der Waals surface area contributed by atoms with E-state index in [1.54, 1.807) is 7.11 Å². The van der Waals surface area contributed by atoms with E-state index < -0.39 is 0 Å². The van der Waals surface area contributed by atoms with E-state index in [0.717, 1.165) is 0 Å². The van der Waals surface area contributed by atoms with Crippen LogP contribution in [0.2, 0.25) is 0 Å². The summed E-state index contributed by atoms with van der Waals surface area (Å²) in [7, 11) is 1.66. The number of ether oxygens (including phenoxy) is 1. The predicted molar refractivity (Wildman–Crippen MR) is 53.7 cm³/mol. The highest BCUT2D eigenvalue weighted by molar-refractivity contribution is 4.70. The van der Waals surface area contributed by atoms with Crippen LogP contribution in [0.15, 0.2) is 0 Å². The standard InChI is InChI=1S/C11H22O2/c1-13-9-11(12)10-7-5-3-2-4-6-8-10/h10-12H,2-9H2,1H3. The predicted octanol–water partition coefficient (Wildman–Crippen LogP) is 2.35. The quantitative estimate of drug-likeness (QED) is 0.733. The van der Waals surface area contributed by atoms with Crippen molar-refractivity contribution < 1.29 is 9.84 Å². The Bertz CT molecular complexity index is 117. The molecule has 1 rings (SSSR count). The summed E-state index contributed by atoms with van der Waals surface area (Å²) in [6.45, 7) is 0.505. The van der Waals surface area contributed by atoms with Gasteiger partial charge in [-0.15, -0.1) is 0 Å². The minimum absolute atomic E-state index is 0.233. The van der Waals surface area contributed by atoms with E-state index in [9.17, 15) is 5.11 Å². The lowest BCUT2D eigenvalue weighted by Gasteiger charge is -2.24. The van der Waals surface area contributed by atoms with Gasteiger partial charge < -0.3 is 9.84 Å². The number of methoxy groups -OCH3 is 1. The first-order valence-corrected chi connectivity index (χ1v) is 5.51. The zero-order valence-corrected chi connectivity index (χ0v) is 8.67. The molecule has 1 aliphatic rings. The molecule has 2 nitrogen and oxygen atoms in total. The van der Waals surface area contributed by atoms with Gasteiger partial charge in [0, 0.05) is 7.11 Å². The van der Waals surface area contributed by atoms with Crippen LogP contribution in [0.4, 0.5) is 0 Å². The molecule has 0 saturated heterocycles. The number of aliphatic hydroxyl groups excluding tert-OH is 1. The Morgan fingerprint density at radius 1 is 1.15 bits per heavy atom. The van der Waals surface area contributed by atoms with Gasteiger partial charge in [-0.1, -0.05) is 32.1 Å². The average Bonchev–Trinajstić information content (AvgIpc) is 2.03. The number of aliphatic hydroxyl groups is 1. The fraction of sp³-hybridized carbons (Fsp3) is 1.00. The van der Waals surface area contributed by atoms with E-state index >= 15 is 0 Å². The van der Waals surface area contributed by atoms with Crippen LogP contribution in [0.1, 0.15) is 44.9 Å². The molecule has 1 saturated carbocycles. The maximum atomic E-state index is 9.77. The molecular weight excluding hydrogens is 164 g/mol. The van der Waals surface area contributed by atoms with Crippen molar-refractivity contribution in [2.45, 2.75) is 51.0 Å². The van der Waals surface area contributed by atoms with Crippen molar-refractivity contribution in [3.8, 4) is 0 Å². The average molecular weight is 186 g/mol. The number of rotatable bonds is 3. The van der Waals surface area contributed by atoms with Crippen LogP contribution in [-0.4, -0.2) is 24.9 Å². The van der Waals surface area contributed by atoms with Crippen LogP contribution in [0, 0.1) is 5.92 Å². The lowest BCUT2D eigenvalue weighted by atomic mass is 9.87. The Balaban J connectivity index is 2.27. The largest absolute Gasteiger partial charge is 0.390 e. The molecule has 1 fully saturated rings. The molecule has 78 valence electrons. The van der Waals surface area contributed by atoms with Crippen molar-refractivity contribution in [2.24, 2.45) is 5.92 Å². The topological polar surface area (TPSA) is 29.5 Å². The van der Waals surface area contributed by atoms with Gasteiger partial charge in [0.1, 0.15) is 0 Å². The Morgan fingerprint density at radius 2 is 1.69 bits per heavy atom. The minimum Gasteiger partial charge on any atom is -0.390 e. The molecule has 0 heterocycles. The molecule has 13 heavy (non-hydrogen) atoms. The number of hydrogen-bond donors (Lipinski definition) is 1. The van der Waals surface area contributed by atoms with Gasteiger partial charge in [-0.25, -0.2) is 0 Å². The maximum Gasteiger partial charge on any atom is 0.0801 e. The second-order valence-electron chi connectivity index (χ2n) is 4.13. The molecule has 0 aromatic rings. The molecule has 1 aliphatic carbocycles. The van der Waals surface area contributed by atoms with Gasteiger partial charge in [0.25, 0.3) is 0 Å². The lowest BCUT2D eigenvalue weighted by Crippen LogP contribution is -2.25. The molecule has 0 spiro atoms. The first kappa shape index (κ1) is 11.0. The van der Waals surface area contributed by atoms with Gasteiger partial charge >= 0.3 is 0 Å². The van der Waals surface area contributed by atoms with Crippen molar-refractivity contribution in [2.75, 3.05) is 13.7 Å². The van der Waals surface area contributed by atoms with Crippen molar-refractivity contribution in [1.29, 1.82) is 0 Å². The van der Waals surface area contributed by atoms with Crippen molar-refractivity contribution >= 4 is 0 Å². The van der Waals surface area contributed by atoms with Crippen LogP contribution in [0.25, 0.3) is 0 Å². The van der Waals surface area contributed by atoms with Crippen LogP contribution in [-0.2, 0) is 4.74 Å². The van der Waals surface area contributed by atoms with Gasteiger partial charge in [0.05, 0.1) is 12.7 Å². The molecule has 0 bridgehead atoms. The number of hydrogen-bond acceptors (Lipinski definition) is 2. The summed E-state index contributed by atoms with van der Waals surface area (Å²) in [5, 5.41) is 9.77. The molecule has 1 atom stereocenters. The smallest absolute Gasteiger partial charge is 0.0801 e. The highest BCUT2D eigenvalue weighted by Gasteiger charge is 2.19. The summed E-state index contributed by atoms with van der Waals surface area (Å²) in [6.07, 6.45) is 8.77. The monoisotopic (exact) mass is 186 g/mol. The van der Waals surface area contributed by atoms with Crippen molar-refractivity contribution in [3.63, 3.8) is 0 Å². The lowest BCUT2D eigenvalue weighted by molar-refractivity contribution is 0.0169. The molecule has 2 heteroatoms. The zero-order chi connectivity index (χ0) is 9.52. The third kappa shape index (κ3) is 4.10. The van der Waals surface area contributed by atoms with Gasteiger partial charge in [-0.2, -0.15) is 0 Å². The van der Waals surface area contributed by atoms with Crippen LogP contribution in [0.5, 0.6) is 0 Å². The van der Waals surface area contributed by atoms with Gasteiger partial charge in [0.15, 0.2) is 0 Å². The third-order valence-electron chi connectivity index (χ3n) is 3.03. The first-order valence-electron chi connectivity index (χ1n) is 5.51. The summed E-state index contributed by atoms with van der Waals surface area (Å²) in [4.78, 5) is 0. The fourth-order valence-electron chi connectivity index (χ4n) is 2.18. The maximum absolute atomic E-state index is 9.77. The van der Waals surface area contributed by atoms with Gasteiger partial charge in [0.2, 0.25) is 0 Å². The van der Waals surface area contributed by atoms with Crippen molar-refractivity contribution in [1.82, 2.24) is 0 Å². The molecule has 0 aromatic heterocycles. The van der Waals surface area contributed by atoms with E-state index in [2.05, 4.69) is 0 Å². The third-order valence-corrected chi connectivity index (χ3v) is 3.03. The molecule has 1 N–H and O–H groups in total. The summed E-state index contributed by atoms with van der Waals surface area (Å²) in [5.41, 5.74) is 0. The zero-order valence-electron chi connectivity index (χ0n) is 8.67. The SMILES string of the molecule is COCC(O)C1CCCCCCC1. The van der Waals surface area contributed by atoms with E-state index in [-0.39, 0.29) is 6.10 Å². The first-order chi connectivity index (χ1) is 6.34. The van der Waals surface area contributed by atoms with Crippen molar-refractivity contribution in [3.05, 3.63) is 0 Å². The highest BCUT2D eigenvalue weighted by Crippen LogP contribution is 2.24. The summed E-state index contributed by atoms with van der Waals surface area (Å²) < 4.78 is 4.98. The Morgan fingerprint density at radius 3 is 2.23 bits per heavy atom. The molecule has 0 aromatic carbocycles. The Labute approximate surface area is 81.3 Å². The summed E-state index contributed by atoms with van der Waals surface area (Å²) in [5.74, 6) is 0.486. The summed E-state index contributed by atoms with van der Waals surface area (Å²) >= 11 is 0. The second kappa shape index (κ2) is 6.39. The van der Waals surface area contributed by atoms with Gasteiger partial charge in [-0.3, -0.25) is 0 Å². The molecule has 1 unspecified atom stereocenters. The normalized spacial score (nSPS) is 23.5. The highest BCUT2D eigenvalue weighted by atomic mass is 16.5. The summed E-state index contributed by atoms with van der Waals surface area (Å²) in [6, 6.07) is 0. The van der Waals surface area contributed by atoms with E-state index in [1.807, 2.05) is 0 Å². The van der Waals surface area contributed by atoms with E-state index in [1.165, 1.54) is 44.9 Å². The van der Waals surface area contributed by atoms with Crippen LogP contribution < -0.4 is 0 Å². The Hall–Kier alpha value is -0.0800. The molecular formula is C11H22O2. The van der Waals surface area contributed by atoms with Crippen LogP contribution >= 0.6 is 0 Å². The Kier molecular flexibility index (Phi) is 5.40.